The number of aliphatic carboxylic acids is 1. The van der Waals surface area contributed by atoms with Crippen LogP contribution < -0.4 is 5.32 Å². The van der Waals surface area contributed by atoms with E-state index in [9.17, 15) is 9.59 Å². The average molecular weight is 274 g/mol. The van der Waals surface area contributed by atoms with E-state index < -0.39 is 17.9 Å². The molecule has 3 N–H and O–H groups in total. The molecule has 1 aromatic rings. The number of aromatic amines is 1. The molecule has 6 nitrogen and oxygen atoms in total. The number of halogens is 1. The van der Waals surface area contributed by atoms with E-state index in [1.165, 1.54) is 0 Å². The molecule has 0 saturated carbocycles. The molecule has 1 heterocycles. The van der Waals surface area contributed by atoms with Gasteiger partial charge in [-0.05, 0) is 19.3 Å². The lowest BCUT2D eigenvalue weighted by Crippen LogP contribution is -2.41. The minimum atomic E-state index is -1.07. The summed E-state index contributed by atoms with van der Waals surface area (Å²) in [5, 5.41) is 18.0. The van der Waals surface area contributed by atoms with Gasteiger partial charge in [0, 0.05) is 0 Å². The van der Waals surface area contributed by atoms with E-state index in [2.05, 4.69) is 15.5 Å². The van der Waals surface area contributed by atoms with Crippen LogP contribution in [0.2, 0.25) is 5.02 Å². The van der Waals surface area contributed by atoms with Gasteiger partial charge in [-0.15, -0.1) is 0 Å². The van der Waals surface area contributed by atoms with Crippen molar-refractivity contribution in [1.82, 2.24) is 15.5 Å². The molecule has 1 aromatic heterocycles. The maximum absolute atomic E-state index is 11.8. The fraction of sp³-hybridized carbons (Fsp3) is 0.545. The Balaban J connectivity index is 2.79. The monoisotopic (exact) mass is 273 g/mol. The number of aromatic nitrogens is 2. The number of carbonyl (C=O) groups is 2. The first kappa shape index (κ1) is 14.5. The van der Waals surface area contributed by atoms with Crippen LogP contribution in [0.25, 0.3) is 0 Å². The third-order valence-electron chi connectivity index (χ3n) is 2.40. The molecule has 0 unspecified atom stereocenters. The zero-order valence-electron chi connectivity index (χ0n) is 10.5. The number of hydrogen-bond acceptors (Lipinski definition) is 3. The Kier molecular flexibility index (Phi) is 4.72. The summed E-state index contributed by atoms with van der Waals surface area (Å²) >= 11 is 5.87. The van der Waals surface area contributed by atoms with Crippen LogP contribution in [0.1, 0.15) is 36.5 Å². The summed E-state index contributed by atoms with van der Waals surface area (Å²) in [6.07, 6.45) is 0.349. The van der Waals surface area contributed by atoms with E-state index in [0.29, 0.717) is 12.1 Å². The highest BCUT2D eigenvalue weighted by atomic mass is 35.5. The Morgan fingerprint density at radius 2 is 2.11 bits per heavy atom. The Bertz CT molecular complexity index is 456. The molecule has 1 amide bonds. The van der Waals surface area contributed by atoms with Crippen LogP contribution in [0.3, 0.4) is 0 Å². The Morgan fingerprint density at radius 3 is 2.50 bits per heavy atom. The molecule has 0 aliphatic rings. The lowest BCUT2D eigenvalue weighted by molar-refractivity contribution is -0.139. The van der Waals surface area contributed by atoms with E-state index in [4.69, 9.17) is 16.7 Å². The predicted octanol–water partition coefficient (Wildman–Crippen LogP) is 1.60. The molecule has 0 fully saturated rings. The summed E-state index contributed by atoms with van der Waals surface area (Å²) in [7, 11) is 0. The molecule has 1 rings (SSSR count). The number of aryl methyl sites for hydroxylation is 1. The topological polar surface area (TPSA) is 95.1 Å². The number of nitrogens with zero attached hydrogens (tertiary/aromatic N) is 1. The molecular formula is C11H16ClN3O3. The van der Waals surface area contributed by atoms with E-state index >= 15 is 0 Å². The smallest absolute Gasteiger partial charge is 0.326 e. The average Bonchev–Trinajstić information content (AvgIpc) is 2.58. The molecule has 0 radical (unpaired) electrons. The summed E-state index contributed by atoms with van der Waals surface area (Å²) < 4.78 is 0. The van der Waals surface area contributed by atoms with Crippen LogP contribution >= 0.6 is 11.6 Å². The number of carboxylic acids is 1. The quantitative estimate of drug-likeness (QED) is 0.759. The fourth-order valence-electron chi connectivity index (χ4n) is 1.49. The van der Waals surface area contributed by atoms with E-state index in [0.717, 1.165) is 0 Å². The molecule has 0 aliphatic heterocycles. The van der Waals surface area contributed by atoms with E-state index in [1.807, 2.05) is 13.8 Å². The lowest BCUT2D eigenvalue weighted by atomic mass is 10.0. The van der Waals surface area contributed by atoms with Crippen LogP contribution in [0, 0.1) is 12.8 Å². The van der Waals surface area contributed by atoms with Gasteiger partial charge in [-0.2, -0.15) is 5.10 Å². The summed E-state index contributed by atoms with van der Waals surface area (Å²) in [5.41, 5.74) is 0.585. The van der Waals surface area contributed by atoms with Crippen LogP contribution in [0.5, 0.6) is 0 Å². The SMILES string of the molecule is Cc1[nH]nc(C(=O)N[C@H](CC(C)C)C(=O)O)c1Cl. The standard InChI is InChI=1S/C11H16ClN3O3/c1-5(2)4-7(11(17)18)13-10(16)9-8(12)6(3)14-15-9/h5,7H,4H2,1-3H3,(H,13,16)(H,14,15)(H,17,18)/t7-/m1/s1. The van der Waals surface area contributed by atoms with Crippen molar-refractivity contribution in [3.8, 4) is 0 Å². The van der Waals surface area contributed by atoms with Gasteiger partial charge < -0.3 is 10.4 Å². The van der Waals surface area contributed by atoms with Gasteiger partial charge in [-0.3, -0.25) is 9.89 Å². The van der Waals surface area contributed by atoms with Crippen molar-refractivity contribution in [3.05, 3.63) is 16.4 Å². The summed E-state index contributed by atoms with van der Waals surface area (Å²) in [5.74, 6) is -1.50. The fourth-order valence-corrected chi connectivity index (χ4v) is 1.66. The molecule has 0 saturated heterocycles. The van der Waals surface area contributed by atoms with Crippen molar-refractivity contribution in [1.29, 1.82) is 0 Å². The minimum Gasteiger partial charge on any atom is -0.480 e. The lowest BCUT2D eigenvalue weighted by Gasteiger charge is -2.15. The van der Waals surface area contributed by atoms with Gasteiger partial charge in [0.25, 0.3) is 5.91 Å². The molecule has 0 bridgehead atoms. The Hall–Kier alpha value is -1.56. The molecule has 1 atom stereocenters. The number of carbonyl (C=O) groups excluding carboxylic acids is 1. The van der Waals surface area contributed by atoms with Crippen molar-refractivity contribution >= 4 is 23.5 Å². The highest BCUT2D eigenvalue weighted by Gasteiger charge is 2.24. The summed E-state index contributed by atoms with van der Waals surface area (Å²) in [4.78, 5) is 22.8. The molecule has 7 heteroatoms. The second-order valence-corrected chi connectivity index (χ2v) is 4.88. The van der Waals surface area contributed by atoms with Gasteiger partial charge in [-0.1, -0.05) is 25.4 Å². The van der Waals surface area contributed by atoms with E-state index in [1.54, 1.807) is 6.92 Å². The number of rotatable bonds is 5. The third-order valence-corrected chi connectivity index (χ3v) is 2.86. The number of H-pyrrole nitrogens is 1. The van der Waals surface area contributed by atoms with Gasteiger partial charge >= 0.3 is 5.97 Å². The molecule has 18 heavy (non-hydrogen) atoms. The maximum Gasteiger partial charge on any atom is 0.326 e. The zero-order chi connectivity index (χ0) is 13.9. The van der Waals surface area contributed by atoms with Gasteiger partial charge in [0.05, 0.1) is 10.7 Å². The third kappa shape index (κ3) is 3.46. The first-order valence-corrected chi connectivity index (χ1v) is 5.94. The molecule has 100 valence electrons. The first-order chi connectivity index (χ1) is 8.32. The normalized spacial score (nSPS) is 12.5. The van der Waals surface area contributed by atoms with Crippen molar-refractivity contribution in [2.45, 2.75) is 33.2 Å². The van der Waals surface area contributed by atoms with Crippen LogP contribution in [0.15, 0.2) is 0 Å². The number of carboxylic acid groups (broad SMARTS) is 1. The van der Waals surface area contributed by atoms with Crippen LogP contribution in [-0.4, -0.2) is 33.2 Å². The van der Waals surface area contributed by atoms with Crippen molar-refractivity contribution < 1.29 is 14.7 Å². The predicted molar refractivity (Wildman–Crippen MR) is 66.7 cm³/mol. The molecule has 0 spiro atoms. The highest BCUT2D eigenvalue weighted by Crippen LogP contribution is 2.17. The van der Waals surface area contributed by atoms with Crippen molar-refractivity contribution in [2.24, 2.45) is 5.92 Å². The second kappa shape index (κ2) is 5.86. The van der Waals surface area contributed by atoms with Crippen LogP contribution in [0.4, 0.5) is 0 Å². The Morgan fingerprint density at radius 1 is 1.50 bits per heavy atom. The van der Waals surface area contributed by atoms with Gasteiger partial charge in [-0.25, -0.2) is 4.79 Å². The van der Waals surface area contributed by atoms with Gasteiger partial charge in [0.15, 0.2) is 5.69 Å². The number of hydrogen-bond donors (Lipinski definition) is 3. The van der Waals surface area contributed by atoms with Crippen LogP contribution in [-0.2, 0) is 4.79 Å². The summed E-state index contributed by atoms with van der Waals surface area (Å²) in [6.45, 7) is 5.44. The molecule has 0 aliphatic carbocycles. The largest absolute Gasteiger partial charge is 0.480 e. The van der Waals surface area contributed by atoms with Crippen molar-refractivity contribution in [2.75, 3.05) is 0 Å². The number of amides is 1. The zero-order valence-corrected chi connectivity index (χ0v) is 11.2. The van der Waals surface area contributed by atoms with Gasteiger partial charge in [0.1, 0.15) is 6.04 Å². The Labute approximate surface area is 110 Å². The number of nitrogens with one attached hydrogen (secondary N) is 2. The second-order valence-electron chi connectivity index (χ2n) is 4.51. The van der Waals surface area contributed by atoms with Crippen molar-refractivity contribution in [3.63, 3.8) is 0 Å². The highest BCUT2D eigenvalue weighted by molar-refractivity contribution is 6.34. The van der Waals surface area contributed by atoms with Gasteiger partial charge in [0.2, 0.25) is 0 Å². The van der Waals surface area contributed by atoms with E-state index in [-0.39, 0.29) is 16.6 Å². The maximum atomic E-state index is 11.8. The summed E-state index contributed by atoms with van der Waals surface area (Å²) in [6, 6.07) is -0.939. The minimum absolute atomic E-state index is 0.0178. The molecule has 0 aromatic carbocycles. The first-order valence-electron chi connectivity index (χ1n) is 5.57. The molecular weight excluding hydrogens is 258 g/mol.